The summed E-state index contributed by atoms with van der Waals surface area (Å²) in [6.45, 7) is 5.56. The van der Waals surface area contributed by atoms with Gasteiger partial charge in [-0.25, -0.2) is 4.98 Å². The Labute approximate surface area is 176 Å². The van der Waals surface area contributed by atoms with E-state index in [-0.39, 0.29) is 17.4 Å². The van der Waals surface area contributed by atoms with Crippen molar-refractivity contribution in [2.45, 2.75) is 25.3 Å². The minimum atomic E-state index is -0.127. The molecule has 0 unspecified atom stereocenters. The fourth-order valence-corrected chi connectivity index (χ4v) is 5.17. The molecule has 30 heavy (non-hydrogen) atoms. The minimum Gasteiger partial charge on any atom is -0.354 e. The van der Waals surface area contributed by atoms with Crippen LogP contribution in [0.2, 0.25) is 0 Å². The van der Waals surface area contributed by atoms with E-state index in [2.05, 4.69) is 26.8 Å². The Morgan fingerprint density at radius 1 is 1.07 bits per heavy atom. The maximum atomic E-state index is 13.3. The molecule has 3 aliphatic heterocycles. The van der Waals surface area contributed by atoms with Crippen molar-refractivity contribution in [3.63, 3.8) is 0 Å². The Bertz CT molecular complexity index is 991. The van der Waals surface area contributed by atoms with Gasteiger partial charge in [0.1, 0.15) is 11.4 Å². The first-order valence-electron chi connectivity index (χ1n) is 10.8. The van der Waals surface area contributed by atoms with Crippen LogP contribution in [0, 0.1) is 5.92 Å². The standard InChI is InChI=1S/C22H28N6O2/c1-25-7-2-8-26(10-9-25)21(29)18-3-4-19-17-11-16(14-28(19)22(18)30)13-27(15-17)20-12-23-5-6-24-20/h3-6,12,16-17H,2,7-11,13-15H2,1H3/t16-,17+/m0/s1. The lowest BCUT2D eigenvalue weighted by Gasteiger charge is -2.43. The number of hydrogen-bond donors (Lipinski definition) is 0. The second kappa shape index (κ2) is 7.83. The van der Waals surface area contributed by atoms with Gasteiger partial charge in [-0.15, -0.1) is 0 Å². The highest BCUT2D eigenvalue weighted by Crippen LogP contribution is 2.36. The number of aromatic nitrogens is 3. The summed E-state index contributed by atoms with van der Waals surface area (Å²) in [6, 6.07) is 3.76. The number of amides is 1. The smallest absolute Gasteiger partial charge is 0.263 e. The van der Waals surface area contributed by atoms with Gasteiger partial charge in [0.15, 0.2) is 0 Å². The van der Waals surface area contributed by atoms with E-state index in [0.717, 1.165) is 50.5 Å². The highest BCUT2D eigenvalue weighted by atomic mass is 16.2. The predicted octanol–water partition coefficient (Wildman–Crippen LogP) is 1.04. The molecule has 2 fully saturated rings. The zero-order valence-corrected chi connectivity index (χ0v) is 17.4. The summed E-state index contributed by atoms with van der Waals surface area (Å²) in [5.74, 6) is 1.40. The molecule has 0 aromatic carbocycles. The molecule has 1 amide bonds. The van der Waals surface area contributed by atoms with E-state index in [9.17, 15) is 9.59 Å². The van der Waals surface area contributed by atoms with E-state index in [4.69, 9.17) is 0 Å². The Balaban J connectivity index is 1.41. The molecule has 2 aromatic heterocycles. The summed E-state index contributed by atoms with van der Waals surface area (Å²) in [5, 5.41) is 0. The highest BCUT2D eigenvalue weighted by molar-refractivity contribution is 5.94. The Morgan fingerprint density at radius 2 is 1.97 bits per heavy atom. The van der Waals surface area contributed by atoms with Gasteiger partial charge in [0.05, 0.1) is 6.20 Å². The van der Waals surface area contributed by atoms with E-state index in [0.29, 0.717) is 31.1 Å². The van der Waals surface area contributed by atoms with Crippen LogP contribution in [0.25, 0.3) is 0 Å². The maximum absolute atomic E-state index is 13.3. The first-order valence-corrected chi connectivity index (χ1v) is 10.8. The van der Waals surface area contributed by atoms with Crippen LogP contribution in [-0.4, -0.2) is 76.6 Å². The van der Waals surface area contributed by atoms with Crippen LogP contribution < -0.4 is 10.5 Å². The molecule has 5 rings (SSSR count). The number of piperidine rings is 1. The van der Waals surface area contributed by atoms with Crippen molar-refractivity contribution in [3.8, 4) is 0 Å². The van der Waals surface area contributed by atoms with E-state index < -0.39 is 0 Å². The lowest BCUT2D eigenvalue weighted by atomic mass is 9.83. The molecular formula is C22H28N6O2. The second-order valence-electron chi connectivity index (χ2n) is 8.80. The summed E-state index contributed by atoms with van der Waals surface area (Å²) < 4.78 is 1.87. The van der Waals surface area contributed by atoms with Gasteiger partial charge in [-0.1, -0.05) is 0 Å². The van der Waals surface area contributed by atoms with E-state index >= 15 is 0 Å². The van der Waals surface area contributed by atoms with Gasteiger partial charge < -0.3 is 19.3 Å². The molecule has 158 valence electrons. The normalized spacial score (nSPS) is 24.3. The number of carbonyl (C=O) groups excluding carboxylic acids is 1. The molecule has 8 heteroatoms. The summed E-state index contributed by atoms with van der Waals surface area (Å²) in [6.07, 6.45) is 7.22. The largest absolute Gasteiger partial charge is 0.354 e. The van der Waals surface area contributed by atoms with Crippen LogP contribution >= 0.6 is 0 Å². The summed E-state index contributed by atoms with van der Waals surface area (Å²) in [4.78, 5) is 41.4. The zero-order chi connectivity index (χ0) is 20.7. The van der Waals surface area contributed by atoms with Crippen molar-refractivity contribution < 1.29 is 4.79 Å². The average molecular weight is 409 g/mol. The third-order valence-electron chi connectivity index (χ3n) is 6.71. The molecule has 0 aliphatic carbocycles. The van der Waals surface area contributed by atoms with E-state index in [1.54, 1.807) is 24.7 Å². The molecule has 3 aliphatic rings. The lowest BCUT2D eigenvalue weighted by Crippen LogP contribution is -2.48. The van der Waals surface area contributed by atoms with E-state index in [1.165, 1.54) is 0 Å². The van der Waals surface area contributed by atoms with Gasteiger partial charge >= 0.3 is 0 Å². The zero-order valence-electron chi connectivity index (χ0n) is 17.4. The fraction of sp³-hybridized carbons (Fsp3) is 0.545. The van der Waals surface area contributed by atoms with Gasteiger partial charge in [-0.2, -0.15) is 0 Å². The van der Waals surface area contributed by atoms with Crippen molar-refractivity contribution in [1.82, 2.24) is 24.3 Å². The predicted molar refractivity (Wildman–Crippen MR) is 114 cm³/mol. The van der Waals surface area contributed by atoms with Crippen molar-refractivity contribution in [2.75, 3.05) is 51.2 Å². The maximum Gasteiger partial charge on any atom is 0.263 e. The number of fused-ring (bicyclic) bond motifs is 4. The highest BCUT2D eigenvalue weighted by Gasteiger charge is 2.36. The molecule has 0 saturated carbocycles. The number of hydrogen-bond acceptors (Lipinski definition) is 6. The topological polar surface area (TPSA) is 74.6 Å². The first kappa shape index (κ1) is 19.2. The lowest BCUT2D eigenvalue weighted by molar-refractivity contribution is 0.0759. The Kier molecular flexibility index (Phi) is 5.02. The van der Waals surface area contributed by atoms with Crippen molar-refractivity contribution in [2.24, 2.45) is 5.92 Å². The molecule has 2 bridgehead atoms. The minimum absolute atomic E-state index is 0.123. The molecule has 8 nitrogen and oxygen atoms in total. The quantitative estimate of drug-likeness (QED) is 0.739. The van der Waals surface area contributed by atoms with Crippen LogP contribution in [0.3, 0.4) is 0 Å². The average Bonchev–Trinajstić information content (AvgIpc) is 2.99. The third kappa shape index (κ3) is 3.49. The monoisotopic (exact) mass is 408 g/mol. The Morgan fingerprint density at radius 3 is 2.80 bits per heavy atom. The summed E-state index contributed by atoms with van der Waals surface area (Å²) in [5.41, 5.74) is 1.23. The summed E-state index contributed by atoms with van der Waals surface area (Å²) in [7, 11) is 2.07. The summed E-state index contributed by atoms with van der Waals surface area (Å²) >= 11 is 0. The van der Waals surface area contributed by atoms with Gasteiger partial charge in [-0.05, 0) is 44.5 Å². The third-order valence-corrected chi connectivity index (χ3v) is 6.71. The fourth-order valence-electron chi connectivity index (χ4n) is 5.17. The molecule has 0 spiro atoms. The molecular weight excluding hydrogens is 380 g/mol. The second-order valence-corrected chi connectivity index (χ2v) is 8.80. The molecule has 2 atom stereocenters. The molecule has 2 saturated heterocycles. The molecule has 0 N–H and O–H groups in total. The van der Waals surface area contributed by atoms with Crippen LogP contribution in [-0.2, 0) is 6.54 Å². The Hall–Kier alpha value is -2.74. The van der Waals surface area contributed by atoms with Crippen molar-refractivity contribution in [3.05, 3.63) is 52.3 Å². The van der Waals surface area contributed by atoms with Gasteiger partial charge in [-0.3, -0.25) is 14.6 Å². The SMILES string of the molecule is CN1CCCN(C(=O)c2ccc3n(c2=O)C[C@H]2C[C@@H]3CN(c3cnccn3)C2)CC1. The first-order chi connectivity index (χ1) is 14.6. The van der Waals surface area contributed by atoms with Crippen LogP contribution in [0.5, 0.6) is 0 Å². The van der Waals surface area contributed by atoms with Gasteiger partial charge in [0, 0.05) is 63.3 Å². The van der Waals surface area contributed by atoms with Crippen LogP contribution in [0.15, 0.2) is 35.5 Å². The van der Waals surface area contributed by atoms with Gasteiger partial charge in [0.2, 0.25) is 0 Å². The number of nitrogens with zero attached hydrogens (tertiary/aromatic N) is 6. The number of anilines is 1. The van der Waals surface area contributed by atoms with E-state index in [1.807, 2.05) is 15.5 Å². The van der Waals surface area contributed by atoms with Crippen LogP contribution in [0.4, 0.5) is 5.82 Å². The number of likely N-dealkylation sites (N-methyl/N-ethyl adjacent to an activating group) is 1. The molecule has 2 aromatic rings. The number of rotatable bonds is 2. The molecule has 5 heterocycles. The van der Waals surface area contributed by atoms with Crippen LogP contribution in [0.1, 0.15) is 34.8 Å². The van der Waals surface area contributed by atoms with Crippen molar-refractivity contribution >= 4 is 11.7 Å². The van der Waals surface area contributed by atoms with Crippen molar-refractivity contribution in [1.29, 1.82) is 0 Å². The number of carbonyl (C=O) groups is 1. The molecule has 0 radical (unpaired) electrons. The van der Waals surface area contributed by atoms with Gasteiger partial charge in [0.25, 0.3) is 11.5 Å². The number of pyridine rings is 1.